The van der Waals surface area contributed by atoms with Gasteiger partial charge in [0.15, 0.2) is 11.5 Å². The molecule has 0 unspecified atom stereocenters. The lowest BCUT2D eigenvalue weighted by atomic mass is 9.72. The SMILES string of the molecule is COc1ccc(C2(N=C=O)CCC2)c(OC)c1F. The second-order valence-electron chi connectivity index (χ2n) is 4.25. The molecule has 1 aliphatic rings. The van der Waals surface area contributed by atoms with Crippen LogP contribution >= 0.6 is 0 Å². The maximum absolute atomic E-state index is 14.1. The van der Waals surface area contributed by atoms with Gasteiger partial charge in [-0.1, -0.05) is 0 Å². The van der Waals surface area contributed by atoms with Crippen LogP contribution < -0.4 is 9.47 Å². The Morgan fingerprint density at radius 2 is 2.06 bits per heavy atom. The molecule has 0 atom stereocenters. The number of rotatable bonds is 4. The fourth-order valence-corrected chi connectivity index (χ4v) is 2.30. The summed E-state index contributed by atoms with van der Waals surface area (Å²) in [5.41, 5.74) is -0.0990. The first-order chi connectivity index (χ1) is 8.68. The van der Waals surface area contributed by atoms with Gasteiger partial charge in [0.1, 0.15) is 5.54 Å². The number of aliphatic imine (C=N–C) groups is 1. The predicted octanol–water partition coefficient (Wildman–Crippen LogP) is 2.56. The second-order valence-corrected chi connectivity index (χ2v) is 4.25. The first-order valence-corrected chi connectivity index (χ1v) is 5.68. The molecule has 0 heterocycles. The molecule has 0 bridgehead atoms. The number of carbonyl (C=O) groups excluding carboxylic acids is 1. The van der Waals surface area contributed by atoms with E-state index < -0.39 is 11.4 Å². The van der Waals surface area contributed by atoms with Crippen LogP contribution in [0.25, 0.3) is 0 Å². The number of halogens is 1. The van der Waals surface area contributed by atoms with Crippen molar-refractivity contribution in [2.45, 2.75) is 24.8 Å². The van der Waals surface area contributed by atoms with Crippen molar-refractivity contribution in [1.29, 1.82) is 0 Å². The summed E-state index contributed by atoms with van der Waals surface area (Å²) in [5, 5.41) is 0. The van der Waals surface area contributed by atoms with E-state index in [1.807, 2.05) is 0 Å². The maximum Gasteiger partial charge on any atom is 0.235 e. The van der Waals surface area contributed by atoms with E-state index in [0.717, 1.165) is 6.42 Å². The lowest BCUT2D eigenvalue weighted by molar-refractivity contribution is 0.241. The zero-order valence-electron chi connectivity index (χ0n) is 10.3. The Bertz CT molecular complexity index is 505. The third-order valence-electron chi connectivity index (χ3n) is 3.43. The van der Waals surface area contributed by atoms with E-state index in [-0.39, 0.29) is 11.5 Å². The molecule has 0 N–H and O–H groups in total. The predicted molar refractivity (Wildman–Crippen MR) is 63.2 cm³/mol. The van der Waals surface area contributed by atoms with Gasteiger partial charge in [-0.25, -0.2) is 4.79 Å². The minimum Gasteiger partial charge on any atom is -0.494 e. The van der Waals surface area contributed by atoms with Gasteiger partial charge >= 0.3 is 0 Å². The summed E-state index contributed by atoms with van der Waals surface area (Å²) in [7, 11) is 2.78. The molecule has 0 aromatic heterocycles. The Labute approximate surface area is 104 Å². The fraction of sp³-hybridized carbons (Fsp3) is 0.462. The molecule has 1 saturated carbocycles. The van der Waals surface area contributed by atoms with Crippen molar-refractivity contribution in [2.75, 3.05) is 14.2 Å². The van der Waals surface area contributed by atoms with E-state index in [2.05, 4.69) is 4.99 Å². The van der Waals surface area contributed by atoms with Crippen molar-refractivity contribution >= 4 is 6.08 Å². The van der Waals surface area contributed by atoms with Gasteiger partial charge in [0.25, 0.3) is 0 Å². The number of ether oxygens (including phenoxy) is 2. The number of nitrogens with zero attached hydrogens (tertiary/aromatic N) is 1. The summed E-state index contributed by atoms with van der Waals surface area (Å²) >= 11 is 0. The Balaban J connectivity index is 2.57. The van der Waals surface area contributed by atoms with Crippen molar-refractivity contribution in [3.8, 4) is 11.5 Å². The second kappa shape index (κ2) is 4.78. The normalized spacial score (nSPS) is 16.4. The van der Waals surface area contributed by atoms with Crippen LogP contribution in [-0.4, -0.2) is 20.3 Å². The molecule has 0 aliphatic heterocycles. The zero-order chi connectivity index (χ0) is 13.2. The fourth-order valence-electron chi connectivity index (χ4n) is 2.30. The molecule has 1 aliphatic carbocycles. The standard InChI is InChI=1S/C13H14FNO3/c1-17-10-5-4-9(12(18-2)11(10)14)13(15-8-16)6-3-7-13/h4-5H,3,6-7H2,1-2H3. The summed E-state index contributed by atoms with van der Waals surface area (Å²) in [6.45, 7) is 0. The average Bonchev–Trinajstić information content (AvgIpc) is 2.33. The monoisotopic (exact) mass is 251 g/mol. The highest BCUT2D eigenvalue weighted by Gasteiger charge is 2.42. The first-order valence-electron chi connectivity index (χ1n) is 5.68. The number of methoxy groups -OCH3 is 2. The van der Waals surface area contributed by atoms with Gasteiger partial charge in [0.2, 0.25) is 11.9 Å². The Morgan fingerprint density at radius 3 is 2.50 bits per heavy atom. The minimum absolute atomic E-state index is 0.0908. The lowest BCUT2D eigenvalue weighted by Gasteiger charge is -2.37. The Hall–Kier alpha value is -1.87. The van der Waals surface area contributed by atoms with Crippen molar-refractivity contribution in [1.82, 2.24) is 0 Å². The quantitative estimate of drug-likeness (QED) is 0.610. The number of hydrogen-bond donors (Lipinski definition) is 0. The van der Waals surface area contributed by atoms with Crippen molar-refractivity contribution < 1.29 is 18.7 Å². The lowest BCUT2D eigenvalue weighted by Crippen LogP contribution is -2.32. The van der Waals surface area contributed by atoms with Gasteiger partial charge < -0.3 is 9.47 Å². The van der Waals surface area contributed by atoms with Crippen LogP contribution in [0.1, 0.15) is 24.8 Å². The summed E-state index contributed by atoms with van der Waals surface area (Å²) in [6.07, 6.45) is 3.92. The number of benzene rings is 1. The molecule has 1 fully saturated rings. The van der Waals surface area contributed by atoms with E-state index in [1.54, 1.807) is 12.1 Å². The molecule has 4 nitrogen and oxygen atoms in total. The van der Waals surface area contributed by atoms with Crippen LogP contribution in [0.2, 0.25) is 0 Å². The van der Waals surface area contributed by atoms with Crippen LogP contribution in [0.3, 0.4) is 0 Å². The van der Waals surface area contributed by atoms with Crippen molar-refractivity contribution in [3.05, 3.63) is 23.5 Å². The molecule has 0 amide bonds. The molecule has 0 spiro atoms. The molecule has 1 aromatic carbocycles. The molecular formula is C13H14FNO3. The number of hydrogen-bond acceptors (Lipinski definition) is 4. The molecule has 18 heavy (non-hydrogen) atoms. The molecule has 0 radical (unpaired) electrons. The third kappa shape index (κ3) is 1.77. The summed E-state index contributed by atoms with van der Waals surface area (Å²) in [6, 6.07) is 3.22. The topological polar surface area (TPSA) is 47.9 Å². The Kier molecular flexibility index (Phi) is 3.34. The molecule has 5 heteroatoms. The van der Waals surface area contributed by atoms with Crippen LogP contribution in [-0.2, 0) is 10.3 Å². The summed E-state index contributed by atoms with van der Waals surface area (Å²) < 4.78 is 24.1. The number of isocyanates is 1. The maximum atomic E-state index is 14.1. The van der Waals surface area contributed by atoms with Gasteiger partial charge in [0.05, 0.1) is 14.2 Å². The molecule has 0 saturated heterocycles. The van der Waals surface area contributed by atoms with Crippen LogP contribution in [0, 0.1) is 5.82 Å². The van der Waals surface area contributed by atoms with Crippen LogP contribution in [0.15, 0.2) is 17.1 Å². The Morgan fingerprint density at radius 1 is 1.33 bits per heavy atom. The molecular weight excluding hydrogens is 237 g/mol. The van der Waals surface area contributed by atoms with Gasteiger partial charge in [0, 0.05) is 5.56 Å². The zero-order valence-corrected chi connectivity index (χ0v) is 10.3. The van der Waals surface area contributed by atoms with Gasteiger partial charge in [-0.2, -0.15) is 9.38 Å². The van der Waals surface area contributed by atoms with Crippen molar-refractivity contribution in [3.63, 3.8) is 0 Å². The highest BCUT2D eigenvalue weighted by Crippen LogP contribution is 2.49. The summed E-state index contributed by atoms with van der Waals surface area (Å²) in [5.74, 6) is -0.363. The molecule has 1 aromatic rings. The largest absolute Gasteiger partial charge is 0.494 e. The van der Waals surface area contributed by atoms with Crippen molar-refractivity contribution in [2.24, 2.45) is 4.99 Å². The van der Waals surface area contributed by atoms with Gasteiger partial charge in [-0.05, 0) is 31.4 Å². The van der Waals surface area contributed by atoms with Crippen LogP contribution in [0.5, 0.6) is 11.5 Å². The van der Waals surface area contributed by atoms with E-state index in [0.29, 0.717) is 18.4 Å². The first kappa shape index (κ1) is 12.6. The van der Waals surface area contributed by atoms with E-state index in [1.165, 1.54) is 20.3 Å². The highest BCUT2D eigenvalue weighted by molar-refractivity contribution is 5.49. The minimum atomic E-state index is -0.680. The van der Waals surface area contributed by atoms with Gasteiger partial charge in [-0.15, -0.1) is 0 Å². The van der Waals surface area contributed by atoms with E-state index in [4.69, 9.17) is 9.47 Å². The molecule has 96 valence electrons. The van der Waals surface area contributed by atoms with Crippen LogP contribution in [0.4, 0.5) is 4.39 Å². The highest BCUT2D eigenvalue weighted by atomic mass is 19.1. The average molecular weight is 251 g/mol. The third-order valence-corrected chi connectivity index (χ3v) is 3.43. The molecule has 2 rings (SSSR count). The van der Waals surface area contributed by atoms with Gasteiger partial charge in [-0.3, -0.25) is 0 Å². The van der Waals surface area contributed by atoms with E-state index >= 15 is 0 Å². The summed E-state index contributed by atoms with van der Waals surface area (Å²) in [4.78, 5) is 14.4. The van der Waals surface area contributed by atoms with E-state index in [9.17, 15) is 9.18 Å². The smallest absolute Gasteiger partial charge is 0.235 e.